The quantitative estimate of drug-likeness (QED) is 0.583. The molecular formula is C19H15N3OS. The van der Waals surface area contributed by atoms with Crippen LogP contribution < -0.4 is 5.43 Å². The molecule has 24 heavy (non-hydrogen) atoms. The lowest BCUT2D eigenvalue weighted by molar-refractivity contribution is -0.120. The van der Waals surface area contributed by atoms with Gasteiger partial charge in [-0.05, 0) is 18.1 Å². The van der Waals surface area contributed by atoms with Crippen molar-refractivity contribution in [2.24, 2.45) is 5.10 Å². The van der Waals surface area contributed by atoms with Crippen molar-refractivity contribution in [3.63, 3.8) is 0 Å². The molecule has 0 aliphatic heterocycles. The third kappa shape index (κ3) is 2.63. The Hall–Kier alpha value is -2.79. The van der Waals surface area contributed by atoms with E-state index in [4.69, 9.17) is 0 Å². The summed E-state index contributed by atoms with van der Waals surface area (Å²) in [5.41, 5.74) is 8.66. The van der Waals surface area contributed by atoms with Crippen LogP contribution >= 0.6 is 11.3 Å². The summed E-state index contributed by atoms with van der Waals surface area (Å²) in [6, 6.07) is 16.2. The molecule has 0 fully saturated rings. The number of hydrogen-bond acceptors (Lipinski definition) is 4. The number of aryl methyl sites for hydroxylation is 1. The molecule has 4 nitrogen and oxygen atoms in total. The third-order valence-corrected chi connectivity index (χ3v) is 4.78. The van der Waals surface area contributed by atoms with E-state index in [9.17, 15) is 4.79 Å². The molecule has 0 radical (unpaired) electrons. The highest BCUT2D eigenvalue weighted by Crippen LogP contribution is 2.36. The Balaban J connectivity index is 1.61. The number of benzene rings is 2. The molecule has 2 aromatic carbocycles. The standard InChI is InChI=1S/C19H15N3OS/c1-12-20-13(11-24-12)10-18(23)21-22-19-16-8-4-2-6-14(16)15-7-3-5-9-17(15)19/h2-9,11H,10H2,1H3,(H,21,23). The number of carbonyl (C=O) groups is 1. The van der Waals surface area contributed by atoms with Crippen LogP contribution in [0.15, 0.2) is 59.0 Å². The Morgan fingerprint density at radius 1 is 1.04 bits per heavy atom. The number of nitrogens with one attached hydrogen (secondary N) is 1. The zero-order valence-corrected chi connectivity index (χ0v) is 13.9. The highest BCUT2D eigenvalue weighted by Gasteiger charge is 2.24. The fourth-order valence-corrected chi connectivity index (χ4v) is 3.54. The number of nitrogens with zero attached hydrogens (tertiary/aromatic N) is 2. The van der Waals surface area contributed by atoms with E-state index in [1.54, 1.807) is 11.3 Å². The molecule has 118 valence electrons. The van der Waals surface area contributed by atoms with Crippen LogP contribution in [-0.4, -0.2) is 16.6 Å². The Bertz CT molecular complexity index is 911. The molecule has 0 atom stereocenters. The van der Waals surface area contributed by atoms with Crippen LogP contribution in [0.5, 0.6) is 0 Å². The maximum Gasteiger partial charge on any atom is 0.246 e. The van der Waals surface area contributed by atoms with Crippen LogP contribution in [0, 0.1) is 6.92 Å². The molecule has 1 aromatic heterocycles. The van der Waals surface area contributed by atoms with Gasteiger partial charge in [-0.25, -0.2) is 10.4 Å². The van der Waals surface area contributed by atoms with Crippen LogP contribution in [-0.2, 0) is 11.2 Å². The minimum Gasteiger partial charge on any atom is -0.273 e. The number of amides is 1. The maximum atomic E-state index is 12.1. The van der Waals surface area contributed by atoms with Gasteiger partial charge in [0, 0.05) is 16.5 Å². The van der Waals surface area contributed by atoms with E-state index in [-0.39, 0.29) is 12.3 Å². The fraction of sp³-hybridized carbons (Fsp3) is 0.105. The Morgan fingerprint density at radius 2 is 1.62 bits per heavy atom. The number of fused-ring (bicyclic) bond motifs is 3. The predicted molar refractivity (Wildman–Crippen MR) is 96.2 cm³/mol. The minimum atomic E-state index is -0.158. The van der Waals surface area contributed by atoms with E-state index in [0.717, 1.165) is 38.7 Å². The second-order valence-corrected chi connectivity index (χ2v) is 6.68. The Kier molecular flexibility index (Phi) is 3.70. The van der Waals surface area contributed by atoms with Gasteiger partial charge in [-0.2, -0.15) is 5.10 Å². The molecule has 5 heteroatoms. The van der Waals surface area contributed by atoms with Gasteiger partial charge >= 0.3 is 0 Å². The van der Waals surface area contributed by atoms with Gasteiger partial charge in [0.15, 0.2) is 0 Å². The molecule has 0 spiro atoms. The molecule has 1 amide bonds. The number of hydrazone groups is 1. The molecule has 0 saturated carbocycles. The molecule has 1 heterocycles. The molecule has 1 aliphatic carbocycles. The number of aromatic nitrogens is 1. The van der Waals surface area contributed by atoms with E-state index in [1.807, 2.05) is 48.7 Å². The summed E-state index contributed by atoms with van der Waals surface area (Å²) >= 11 is 1.54. The first-order valence-electron chi connectivity index (χ1n) is 7.69. The van der Waals surface area contributed by atoms with Crippen LogP contribution in [0.25, 0.3) is 11.1 Å². The largest absolute Gasteiger partial charge is 0.273 e. The smallest absolute Gasteiger partial charge is 0.246 e. The summed E-state index contributed by atoms with van der Waals surface area (Å²) in [5.74, 6) is -0.158. The van der Waals surface area contributed by atoms with Crippen LogP contribution in [0.2, 0.25) is 0 Å². The minimum absolute atomic E-state index is 0.158. The first-order chi connectivity index (χ1) is 11.7. The SMILES string of the molecule is Cc1nc(CC(=O)NN=C2c3ccccc3-c3ccccc32)cs1. The molecule has 4 rings (SSSR count). The Morgan fingerprint density at radius 3 is 2.17 bits per heavy atom. The van der Waals surface area contributed by atoms with Crippen molar-refractivity contribution >= 4 is 23.0 Å². The molecule has 3 aromatic rings. The van der Waals surface area contributed by atoms with Crippen LogP contribution in [0.1, 0.15) is 21.8 Å². The average molecular weight is 333 g/mol. The van der Waals surface area contributed by atoms with E-state index in [0.29, 0.717) is 0 Å². The van der Waals surface area contributed by atoms with Gasteiger partial charge < -0.3 is 0 Å². The third-order valence-electron chi connectivity index (χ3n) is 3.96. The number of thiazole rings is 1. The van der Waals surface area contributed by atoms with E-state index in [2.05, 4.69) is 27.6 Å². The first-order valence-corrected chi connectivity index (χ1v) is 8.57. The predicted octanol–water partition coefficient (Wildman–Crippen LogP) is 3.54. The second kappa shape index (κ2) is 6.02. The second-order valence-electron chi connectivity index (χ2n) is 5.62. The van der Waals surface area contributed by atoms with E-state index in [1.165, 1.54) is 0 Å². The zero-order valence-electron chi connectivity index (χ0n) is 13.1. The number of rotatable bonds is 3. The van der Waals surface area contributed by atoms with Gasteiger partial charge in [-0.3, -0.25) is 4.79 Å². The van der Waals surface area contributed by atoms with Gasteiger partial charge in [-0.1, -0.05) is 48.5 Å². The molecular weight excluding hydrogens is 318 g/mol. The normalized spacial score (nSPS) is 11.8. The number of carbonyl (C=O) groups excluding carboxylic acids is 1. The van der Waals surface area contributed by atoms with Crippen molar-refractivity contribution in [3.05, 3.63) is 75.7 Å². The van der Waals surface area contributed by atoms with Gasteiger partial charge in [0.1, 0.15) is 0 Å². The van der Waals surface area contributed by atoms with Crippen molar-refractivity contribution in [1.82, 2.24) is 10.4 Å². The molecule has 1 N–H and O–H groups in total. The van der Waals surface area contributed by atoms with Gasteiger partial charge in [0.25, 0.3) is 0 Å². The Labute approximate surface area is 143 Å². The molecule has 0 unspecified atom stereocenters. The van der Waals surface area contributed by atoms with Gasteiger partial charge in [-0.15, -0.1) is 11.3 Å². The summed E-state index contributed by atoms with van der Waals surface area (Å²) in [6.45, 7) is 1.93. The highest BCUT2D eigenvalue weighted by molar-refractivity contribution is 7.09. The highest BCUT2D eigenvalue weighted by atomic mass is 32.1. The van der Waals surface area contributed by atoms with E-state index < -0.39 is 0 Å². The van der Waals surface area contributed by atoms with Crippen molar-refractivity contribution in [3.8, 4) is 11.1 Å². The lowest BCUT2D eigenvalue weighted by atomic mass is 10.1. The van der Waals surface area contributed by atoms with E-state index >= 15 is 0 Å². The van der Waals surface area contributed by atoms with Gasteiger partial charge in [0.2, 0.25) is 5.91 Å². The average Bonchev–Trinajstić information content (AvgIpc) is 3.14. The molecule has 0 saturated heterocycles. The number of hydrogen-bond donors (Lipinski definition) is 1. The summed E-state index contributed by atoms with van der Waals surface area (Å²) in [7, 11) is 0. The molecule has 1 aliphatic rings. The van der Waals surface area contributed by atoms with Crippen LogP contribution in [0.3, 0.4) is 0 Å². The van der Waals surface area contributed by atoms with Crippen molar-refractivity contribution in [2.75, 3.05) is 0 Å². The van der Waals surface area contributed by atoms with Crippen molar-refractivity contribution in [1.29, 1.82) is 0 Å². The topological polar surface area (TPSA) is 54.4 Å². The fourth-order valence-electron chi connectivity index (χ4n) is 2.93. The summed E-state index contributed by atoms with van der Waals surface area (Å²) in [4.78, 5) is 16.5. The summed E-state index contributed by atoms with van der Waals surface area (Å²) in [5, 5.41) is 7.27. The summed E-state index contributed by atoms with van der Waals surface area (Å²) in [6.07, 6.45) is 0.240. The lowest BCUT2D eigenvalue weighted by Crippen LogP contribution is -2.22. The first kappa shape index (κ1) is 14.8. The maximum absolute atomic E-state index is 12.1. The lowest BCUT2D eigenvalue weighted by Gasteiger charge is -2.03. The zero-order chi connectivity index (χ0) is 16.5. The summed E-state index contributed by atoms with van der Waals surface area (Å²) < 4.78 is 0. The van der Waals surface area contributed by atoms with Crippen LogP contribution in [0.4, 0.5) is 0 Å². The monoisotopic (exact) mass is 333 g/mol. The van der Waals surface area contributed by atoms with Crippen molar-refractivity contribution < 1.29 is 4.79 Å². The molecule has 0 bridgehead atoms. The van der Waals surface area contributed by atoms with Crippen molar-refractivity contribution in [2.45, 2.75) is 13.3 Å². The van der Waals surface area contributed by atoms with Gasteiger partial charge in [0.05, 0.1) is 22.8 Å².